The zero-order chi connectivity index (χ0) is 22.3. The summed E-state index contributed by atoms with van der Waals surface area (Å²) in [5, 5.41) is 0. The van der Waals surface area contributed by atoms with E-state index in [2.05, 4.69) is 0 Å². The molecule has 0 aromatic heterocycles. The second kappa shape index (κ2) is 9.67. The molecule has 0 N–H and O–H groups in total. The molecule has 0 saturated heterocycles. The van der Waals surface area contributed by atoms with Crippen LogP contribution in [0.3, 0.4) is 0 Å². The van der Waals surface area contributed by atoms with Crippen LogP contribution in [-0.2, 0) is 0 Å². The summed E-state index contributed by atoms with van der Waals surface area (Å²) in [7, 11) is 0. The molecule has 0 aliphatic heterocycles. The van der Waals surface area contributed by atoms with Crippen LogP contribution in [0.4, 0.5) is 4.39 Å². The maximum Gasteiger partial charge on any atom is 0.346 e. The van der Waals surface area contributed by atoms with Crippen molar-refractivity contribution in [1.82, 2.24) is 0 Å². The van der Waals surface area contributed by atoms with E-state index < -0.39 is 11.8 Å². The zero-order valence-electron chi connectivity index (χ0n) is 17.1. The largest absolute Gasteiger partial charge is 0.422 e. The Hall–Kier alpha value is -4.31. The molecule has 4 aromatic carbocycles. The van der Waals surface area contributed by atoms with Crippen LogP contribution in [0.1, 0.15) is 26.3 Å². The van der Waals surface area contributed by atoms with E-state index in [1.165, 1.54) is 24.3 Å². The van der Waals surface area contributed by atoms with Crippen LogP contribution >= 0.6 is 0 Å². The highest BCUT2D eigenvalue weighted by Gasteiger charge is 2.14. The Morgan fingerprint density at radius 1 is 0.688 bits per heavy atom. The number of halogens is 1. The maximum atomic E-state index is 13.9. The van der Waals surface area contributed by atoms with Crippen molar-refractivity contribution in [3.05, 3.63) is 132 Å². The number of rotatable bonds is 6. The normalized spacial score (nSPS) is 10.8. The molecule has 0 bridgehead atoms. The predicted molar refractivity (Wildman–Crippen MR) is 123 cm³/mol. The van der Waals surface area contributed by atoms with Crippen LogP contribution in [0.15, 0.2) is 109 Å². The molecule has 4 heteroatoms. The van der Waals surface area contributed by atoms with Crippen LogP contribution in [0.2, 0.25) is 0 Å². The summed E-state index contributed by atoms with van der Waals surface area (Å²) in [4.78, 5) is 25.0. The summed E-state index contributed by atoms with van der Waals surface area (Å²) in [6, 6.07) is 29.7. The Balaban J connectivity index is 1.49. The summed E-state index contributed by atoms with van der Waals surface area (Å²) in [6.07, 6.45) is 3.00. The van der Waals surface area contributed by atoms with Crippen LogP contribution in [0.25, 0.3) is 17.2 Å². The Kier molecular flexibility index (Phi) is 6.33. The van der Waals surface area contributed by atoms with Crippen molar-refractivity contribution in [3.63, 3.8) is 0 Å². The van der Waals surface area contributed by atoms with Crippen LogP contribution in [0.5, 0.6) is 5.75 Å². The molecule has 32 heavy (non-hydrogen) atoms. The number of esters is 1. The van der Waals surface area contributed by atoms with E-state index >= 15 is 0 Å². The van der Waals surface area contributed by atoms with E-state index in [9.17, 15) is 14.0 Å². The minimum absolute atomic E-state index is 0.152. The minimum Gasteiger partial charge on any atom is -0.422 e. The van der Waals surface area contributed by atoms with Gasteiger partial charge in [0.25, 0.3) is 0 Å². The molecule has 0 aliphatic carbocycles. The standard InChI is InChI=1S/C28H19FO3/c29-25-12-6-5-11-24(25)28(31)32-27-13-7-4-10-23(27)18-19-26(30)22-16-14-21(15-17-22)20-8-2-1-3-9-20/h1-19H. The Morgan fingerprint density at radius 2 is 1.31 bits per heavy atom. The third-order valence-corrected chi connectivity index (χ3v) is 4.91. The van der Waals surface area contributed by atoms with Crippen LogP contribution < -0.4 is 4.74 Å². The first-order chi connectivity index (χ1) is 15.6. The molecular weight excluding hydrogens is 403 g/mol. The van der Waals surface area contributed by atoms with E-state index in [1.54, 1.807) is 48.5 Å². The fourth-order valence-electron chi connectivity index (χ4n) is 3.21. The molecule has 0 aliphatic rings. The number of allylic oxidation sites excluding steroid dienone is 1. The van der Waals surface area contributed by atoms with E-state index in [0.717, 1.165) is 11.1 Å². The number of carbonyl (C=O) groups is 2. The fourth-order valence-corrected chi connectivity index (χ4v) is 3.21. The molecule has 4 rings (SSSR count). The highest BCUT2D eigenvalue weighted by atomic mass is 19.1. The Morgan fingerprint density at radius 3 is 2.06 bits per heavy atom. The number of carbonyl (C=O) groups excluding carboxylic acids is 2. The third-order valence-electron chi connectivity index (χ3n) is 4.91. The third kappa shape index (κ3) is 4.87. The topological polar surface area (TPSA) is 43.4 Å². The first kappa shape index (κ1) is 20.9. The van der Waals surface area contributed by atoms with E-state index in [0.29, 0.717) is 11.1 Å². The highest BCUT2D eigenvalue weighted by molar-refractivity contribution is 6.07. The van der Waals surface area contributed by atoms with Crippen molar-refractivity contribution in [3.8, 4) is 16.9 Å². The van der Waals surface area contributed by atoms with Gasteiger partial charge in [-0.05, 0) is 41.5 Å². The Bertz CT molecular complexity index is 1280. The van der Waals surface area contributed by atoms with Gasteiger partial charge in [-0.2, -0.15) is 0 Å². The van der Waals surface area contributed by atoms with Crippen molar-refractivity contribution in [1.29, 1.82) is 0 Å². The number of ether oxygens (including phenoxy) is 1. The van der Waals surface area contributed by atoms with E-state index in [-0.39, 0.29) is 17.1 Å². The van der Waals surface area contributed by atoms with Crippen LogP contribution in [0, 0.1) is 5.82 Å². The highest BCUT2D eigenvalue weighted by Crippen LogP contribution is 2.23. The van der Waals surface area contributed by atoms with Gasteiger partial charge in [0, 0.05) is 11.1 Å². The predicted octanol–water partition coefficient (Wildman–Crippen LogP) is 6.61. The molecule has 0 atom stereocenters. The number of para-hydroxylation sites is 1. The Labute approximate surface area is 185 Å². The molecule has 156 valence electrons. The van der Waals surface area contributed by atoms with Gasteiger partial charge in [-0.25, -0.2) is 9.18 Å². The average molecular weight is 422 g/mol. The quantitative estimate of drug-likeness (QED) is 0.152. The fraction of sp³-hybridized carbons (Fsp3) is 0. The van der Waals surface area contributed by atoms with Gasteiger partial charge < -0.3 is 4.74 Å². The molecule has 0 amide bonds. The van der Waals surface area contributed by atoms with E-state index in [4.69, 9.17) is 4.74 Å². The maximum absolute atomic E-state index is 13.9. The summed E-state index contributed by atoms with van der Waals surface area (Å²) >= 11 is 0. The van der Waals surface area contributed by atoms with Gasteiger partial charge in [0.2, 0.25) is 0 Å². The van der Waals surface area contributed by atoms with Gasteiger partial charge in [0.15, 0.2) is 5.78 Å². The summed E-state index contributed by atoms with van der Waals surface area (Å²) in [5.74, 6) is -1.39. The van der Waals surface area contributed by atoms with Gasteiger partial charge >= 0.3 is 5.97 Å². The second-order valence-electron chi connectivity index (χ2n) is 7.05. The van der Waals surface area contributed by atoms with Crippen molar-refractivity contribution < 1.29 is 18.7 Å². The van der Waals surface area contributed by atoms with Crippen LogP contribution in [-0.4, -0.2) is 11.8 Å². The molecule has 0 heterocycles. The molecular formula is C28H19FO3. The average Bonchev–Trinajstić information content (AvgIpc) is 2.84. The summed E-state index contributed by atoms with van der Waals surface area (Å²) in [6.45, 7) is 0. The van der Waals surface area contributed by atoms with Gasteiger partial charge in [0.1, 0.15) is 11.6 Å². The summed E-state index contributed by atoms with van der Waals surface area (Å²) in [5.41, 5.74) is 3.03. The van der Waals surface area contributed by atoms with Gasteiger partial charge in [-0.1, -0.05) is 84.9 Å². The first-order valence-electron chi connectivity index (χ1n) is 10.1. The minimum atomic E-state index is -0.799. The molecule has 0 unspecified atom stereocenters. The van der Waals surface area contributed by atoms with Gasteiger partial charge in [0.05, 0.1) is 5.56 Å². The lowest BCUT2D eigenvalue weighted by molar-refractivity contribution is 0.0729. The van der Waals surface area contributed by atoms with Gasteiger partial charge in [-0.15, -0.1) is 0 Å². The van der Waals surface area contributed by atoms with Crippen molar-refractivity contribution in [2.45, 2.75) is 0 Å². The molecule has 3 nitrogen and oxygen atoms in total. The molecule has 0 spiro atoms. The molecule has 4 aromatic rings. The smallest absolute Gasteiger partial charge is 0.346 e. The van der Waals surface area contributed by atoms with E-state index in [1.807, 2.05) is 42.5 Å². The SMILES string of the molecule is O=C(C=Cc1ccccc1OC(=O)c1ccccc1F)c1ccc(-c2ccccc2)cc1. The first-order valence-corrected chi connectivity index (χ1v) is 10.1. The number of ketones is 1. The van der Waals surface area contributed by atoms with Crippen molar-refractivity contribution >= 4 is 17.8 Å². The second-order valence-corrected chi connectivity index (χ2v) is 7.05. The molecule has 0 fully saturated rings. The van der Waals surface area contributed by atoms with Crippen molar-refractivity contribution in [2.75, 3.05) is 0 Å². The van der Waals surface area contributed by atoms with Crippen molar-refractivity contribution in [2.24, 2.45) is 0 Å². The lowest BCUT2D eigenvalue weighted by Gasteiger charge is -2.08. The number of hydrogen-bond donors (Lipinski definition) is 0. The lowest BCUT2D eigenvalue weighted by atomic mass is 10.0. The number of benzene rings is 4. The monoisotopic (exact) mass is 422 g/mol. The lowest BCUT2D eigenvalue weighted by Crippen LogP contribution is -2.11. The number of hydrogen-bond acceptors (Lipinski definition) is 3. The molecule has 0 saturated carbocycles. The summed E-state index contributed by atoms with van der Waals surface area (Å²) < 4.78 is 19.2. The van der Waals surface area contributed by atoms with Gasteiger partial charge in [-0.3, -0.25) is 4.79 Å². The molecule has 0 radical (unpaired) electrons. The zero-order valence-corrected chi connectivity index (χ0v) is 17.1.